The van der Waals surface area contributed by atoms with E-state index in [0.29, 0.717) is 13.1 Å². The highest BCUT2D eigenvalue weighted by atomic mass is 79.9. The van der Waals surface area contributed by atoms with Gasteiger partial charge in [-0.15, -0.1) is 12.4 Å². The van der Waals surface area contributed by atoms with Gasteiger partial charge in [0.2, 0.25) is 10.0 Å². The maximum absolute atomic E-state index is 11.8. The third kappa shape index (κ3) is 5.83. The van der Waals surface area contributed by atoms with E-state index < -0.39 is 10.0 Å². The zero-order chi connectivity index (χ0) is 12.0. The summed E-state index contributed by atoms with van der Waals surface area (Å²) in [6.45, 7) is 3.83. The number of rotatable bonds is 6. The number of sulfonamides is 1. The first kappa shape index (κ1) is 16.9. The Morgan fingerprint density at radius 3 is 2.59 bits per heavy atom. The molecule has 0 heterocycles. The molecule has 17 heavy (non-hydrogen) atoms. The van der Waals surface area contributed by atoms with Gasteiger partial charge in [0.1, 0.15) is 0 Å². The fraction of sp³-hybridized carbons (Fsp3) is 0.400. The Labute approximate surface area is 117 Å². The predicted molar refractivity (Wildman–Crippen MR) is 75.1 cm³/mol. The minimum absolute atomic E-state index is 0. The van der Waals surface area contributed by atoms with E-state index >= 15 is 0 Å². The Morgan fingerprint density at radius 1 is 1.29 bits per heavy atom. The molecule has 0 saturated heterocycles. The lowest BCUT2D eigenvalue weighted by atomic mass is 10.4. The fourth-order valence-electron chi connectivity index (χ4n) is 1.17. The van der Waals surface area contributed by atoms with Crippen LogP contribution in [0.25, 0.3) is 0 Å². The van der Waals surface area contributed by atoms with Gasteiger partial charge in [-0.25, -0.2) is 13.1 Å². The number of benzene rings is 1. The summed E-state index contributed by atoms with van der Waals surface area (Å²) >= 11 is 3.24. The van der Waals surface area contributed by atoms with E-state index in [4.69, 9.17) is 0 Å². The van der Waals surface area contributed by atoms with E-state index in [-0.39, 0.29) is 17.3 Å². The number of hydrogen-bond acceptors (Lipinski definition) is 3. The van der Waals surface area contributed by atoms with Crippen LogP contribution in [0, 0.1) is 0 Å². The van der Waals surface area contributed by atoms with Crippen LogP contribution in [-0.4, -0.2) is 28.1 Å². The van der Waals surface area contributed by atoms with Gasteiger partial charge >= 0.3 is 0 Å². The minimum Gasteiger partial charge on any atom is -0.316 e. The normalized spacial score (nSPS) is 10.9. The van der Waals surface area contributed by atoms with Crippen molar-refractivity contribution in [1.29, 1.82) is 0 Å². The van der Waals surface area contributed by atoms with E-state index in [2.05, 4.69) is 26.0 Å². The van der Waals surface area contributed by atoms with Gasteiger partial charge in [-0.05, 0) is 24.7 Å². The average Bonchev–Trinajstić information content (AvgIpc) is 2.24. The second-order valence-corrected chi connectivity index (χ2v) is 5.89. The zero-order valence-electron chi connectivity index (χ0n) is 9.44. The van der Waals surface area contributed by atoms with Gasteiger partial charge in [-0.3, -0.25) is 0 Å². The van der Waals surface area contributed by atoms with Crippen LogP contribution in [0.4, 0.5) is 0 Å². The summed E-state index contributed by atoms with van der Waals surface area (Å²) < 4.78 is 26.9. The van der Waals surface area contributed by atoms with Crippen LogP contribution in [0.3, 0.4) is 0 Å². The Bertz CT molecular complexity index is 440. The average molecular weight is 344 g/mol. The Kier molecular flexibility index (Phi) is 7.98. The van der Waals surface area contributed by atoms with Crippen LogP contribution < -0.4 is 10.0 Å². The summed E-state index contributed by atoms with van der Waals surface area (Å²) in [6, 6.07) is 6.64. The predicted octanol–water partition coefficient (Wildman–Crippen LogP) is 1.76. The first-order valence-corrected chi connectivity index (χ1v) is 7.30. The van der Waals surface area contributed by atoms with Gasteiger partial charge in [0, 0.05) is 17.6 Å². The van der Waals surface area contributed by atoms with E-state index in [0.717, 1.165) is 11.0 Å². The summed E-state index contributed by atoms with van der Waals surface area (Å²) in [6.07, 6.45) is 0. The molecule has 0 amide bonds. The molecular weight excluding hydrogens is 328 g/mol. The molecule has 0 aliphatic carbocycles. The molecule has 0 saturated carbocycles. The van der Waals surface area contributed by atoms with Crippen LogP contribution in [-0.2, 0) is 10.0 Å². The Morgan fingerprint density at radius 2 is 2.00 bits per heavy atom. The molecule has 1 aromatic rings. The molecule has 0 bridgehead atoms. The SMILES string of the molecule is CCNCCNS(=O)(=O)c1cccc(Br)c1.Cl. The van der Waals surface area contributed by atoms with Gasteiger partial charge in [0.25, 0.3) is 0 Å². The first-order chi connectivity index (χ1) is 7.56. The van der Waals surface area contributed by atoms with Gasteiger partial charge in [0.05, 0.1) is 4.90 Å². The van der Waals surface area contributed by atoms with Gasteiger partial charge in [-0.2, -0.15) is 0 Å². The van der Waals surface area contributed by atoms with E-state index in [1.165, 1.54) is 0 Å². The molecule has 0 fully saturated rings. The lowest BCUT2D eigenvalue weighted by Gasteiger charge is -2.07. The van der Waals surface area contributed by atoms with Crippen molar-refractivity contribution in [3.63, 3.8) is 0 Å². The third-order valence-corrected chi connectivity index (χ3v) is 3.90. The van der Waals surface area contributed by atoms with Crippen molar-refractivity contribution in [3.8, 4) is 0 Å². The van der Waals surface area contributed by atoms with Crippen LogP contribution in [0.15, 0.2) is 33.6 Å². The van der Waals surface area contributed by atoms with Crippen molar-refractivity contribution in [2.45, 2.75) is 11.8 Å². The van der Waals surface area contributed by atoms with Gasteiger partial charge in [0.15, 0.2) is 0 Å². The molecule has 0 aliphatic heterocycles. The summed E-state index contributed by atoms with van der Waals surface area (Å²) in [4.78, 5) is 0.276. The lowest BCUT2D eigenvalue weighted by Crippen LogP contribution is -2.31. The zero-order valence-corrected chi connectivity index (χ0v) is 12.7. The molecule has 98 valence electrons. The summed E-state index contributed by atoms with van der Waals surface area (Å²) in [5.74, 6) is 0. The molecule has 0 atom stereocenters. The van der Waals surface area contributed by atoms with Crippen molar-refractivity contribution in [3.05, 3.63) is 28.7 Å². The van der Waals surface area contributed by atoms with Crippen molar-refractivity contribution in [2.24, 2.45) is 0 Å². The summed E-state index contributed by atoms with van der Waals surface area (Å²) in [7, 11) is -3.38. The lowest BCUT2D eigenvalue weighted by molar-refractivity contribution is 0.577. The molecule has 1 aromatic carbocycles. The van der Waals surface area contributed by atoms with Crippen LogP contribution in [0.5, 0.6) is 0 Å². The van der Waals surface area contributed by atoms with E-state index in [1.54, 1.807) is 24.3 Å². The summed E-state index contributed by atoms with van der Waals surface area (Å²) in [5.41, 5.74) is 0. The van der Waals surface area contributed by atoms with Crippen molar-refractivity contribution in [1.82, 2.24) is 10.0 Å². The topological polar surface area (TPSA) is 58.2 Å². The van der Waals surface area contributed by atoms with Gasteiger partial charge in [-0.1, -0.05) is 28.9 Å². The number of nitrogens with one attached hydrogen (secondary N) is 2. The van der Waals surface area contributed by atoms with Crippen LogP contribution in [0.1, 0.15) is 6.92 Å². The fourth-order valence-corrected chi connectivity index (χ4v) is 2.80. The van der Waals surface area contributed by atoms with E-state index in [1.807, 2.05) is 6.92 Å². The molecule has 7 heteroatoms. The monoisotopic (exact) mass is 342 g/mol. The smallest absolute Gasteiger partial charge is 0.240 e. The molecule has 1 rings (SSSR count). The number of hydrogen-bond donors (Lipinski definition) is 2. The standard InChI is InChI=1S/C10H15BrN2O2S.ClH/c1-2-12-6-7-13-16(14,15)10-5-3-4-9(11)8-10;/h3-5,8,12-13H,2,6-7H2,1H3;1H. The highest BCUT2D eigenvalue weighted by Gasteiger charge is 2.12. The molecule has 0 aliphatic rings. The second-order valence-electron chi connectivity index (χ2n) is 3.21. The quantitative estimate of drug-likeness (QED) is 0.774. The van der Waals surface area contributed by atoms with Crippen molar-refractivity contribution < 1.29 is 8.42 Å². The highest BCUT2D eigenvalue weighted by Crippen LogP contribution is 2.15. The van der Waals surface area contributed by atoms with Crippen molar-refractivity contribution in [2.75, 3.05) is 19.6 Å². The van der Waals surface area contributed by atoms with Crippen LogP contribution in [0.2, 0.25) is 0 Å². The molecule has 0 unspecified atom stereocenters. The minimum atomic E-state index is -3.38. The second kappa shape index (κ2) is 8.05. The number of halogens is 2. The van der Waals surface area contributed by atoms with Crippen LogP contribution >= 0.6 is 28.3 Å². The third-order valence-electron chi connectivity index (χ3n) is 1.95. The Balaban J connectivity index is 0.00000256. The van der Waals surface area contributed by atoms with Crippen molar-refractivity contribution >= 4 is 38.4 Å². The summed E-state index contributed by atoms with van der Waals surface area (Å²) in [5, 5.41) is 3.05. The molecule has 0 radical (unpaired) electrons. The molecule has 4 nitrogen and oxygen atoms in total. The highest BCUT2D eigenvalue weighted by molar-refractivity contribution is 9.10. The molecule has 0 aromatic heterocycles. The molecular formula is C10H16BrClN2O2S. The maximum atomic E-state index is 11.8. The Hall–Kier alpha value is -0.140. The van der Waals surface area contributed by atoms with Gasteiger partial charge < -0.3 is 5.32 Å². The molecule has 0 spiro atoms. The molecule has 2 N–H and O–H groups in total. The van der Waals surface area contributed by atoms with E-state index in [9.17, 15) is 8.42 Å². The maximum Gasteiger partial charge on any atom is 0.240 e. The first-order valence-electron chi connectivity index (χ1n) is 5.02. The number of likely N-dealkylation sites (N-methyl/N-ethyl adjacent to an activating group) is 1. The largest absolute Gasteiger partial charge is 0.316 e.